The zero-order valence-corrected chi connectivity index (χ0v) is 18.4. The highest BCUT2D eigenvalue weighted by atomic mass is 19.4. The van der Waals surface area contributed by atoms with Gasteiger partial charge in [-0.05, 0) is 30.3 Å². The van der Waals surface area contributed by atoms with Crippen LogP contribution in [-0.4, -0.2) is 56.4 Å². The minimum atomic E-state index is -4.44. The van der Waals surface area contributed by atoms with Gasteiger partial charge in [-0.15, -0.1) is 0 Å². The lowest BCUT2D eigenvalue weighted by Crippen LogP contribution is -2.48. The van der Waals surface area contributed by atoms with Crippen LogP contribution in [0.1, 0.15) is 11.3 Å². The van der Waals surface area contributed by atoms with Crippen molar-refractivity contribution in [1.29, 1.82) is 0 Å². The van der Waals surface area contributed by atoms with E-state index < -0.39 is 11.7 Å². The average Bonchev–Trinajstić information content (AvgIpc) is 3.31. The Kier molecular flexibility index (Phi) is 7.20. The van der Waals surface area contributed by atoms with Crippen LogP contribution in [0, 0.1) is 0 Å². The molecule has 0 amide bonds. The summed E-state index contributed by atoms with van der Waals surface area (Å²) < 4.78 is 50.2. The molecule has 3 aromatic rings. The molecule has 1 saturated heterocycles. The molecule has 0 aliphatic carbocycles. The number of hydrogen-bond acceptors (Lipinski definition) is 6. The summed E-state index contributed by atoms with van der Waals surface area (Å²) in [6, 6.07) is 15.1. The SMILES string of the molecule is COc1ccc(N2CCN(CCNCc3cc(-c4ccccc4C(F)(F)F)no3)CC2)cc1. The van der Waals surface area contributed by atoms with Crippen LogP contribution in [0.3, 0.4) is 0 Å². The van der Waals surface area contributed by atoms with Crippen molar-refractivity contribution in [3.05, 3.63) is 65.9 Å². The van der Waals surface area contributed by atoms with E-state index in [9.17, 15) is 13.2 Å². The maximum Gasteiger partial charge on any atom is 0.417 e. The lowest BCUT2D eigenvalue weighted by Gasteiger charge is -2.36. The first-order valence-electron chi connectivity index (χ1n) is 10.9. The monoisotopic (exact) mass is 460 g/mol. The molecule has 0 unspecified atom stereocenters. The second kappa shape index (κ2) is 10.3. The van der Waals surface area contributed by atoms with Gasteiger partial charge in [-0.3, -0.25) is 4.90 Å². The van der Waals surface area contributed by atoms with Gasteiger partial charge in [-0.2, -0.15) is 13.2 Å². The fourth-order valence-electron chi connectivity index (χ4n) is 3.95. The predicted octanol–water partition coefficient (Wildman–Crippen LogP) is 4.28. The summed E-state index contributed by atoms with van der Waals surface area (Å²) in [4.78, 5) is 4.75. The summed E-state index contributed by atoms with van der Waals surface area (Å²) in [5, 5.41) is 7.13. The number of halogens is 3. The number of rotatable bonds is 8. The Morgan fingerprint density at radius 3 is 2.45 bits per heavy atom. The van der Waals surface area contributed by atoms with Crippen molar-refractivity contribution in [1.82, 2.24) is 15.4 Å². The molecule has 1 aliphatic heterocycles. The third-order valence-electron chi connectivity index (χ3n) is 5.78. The summed E-state index contributed by atoms with van der Waals surface area (Å²) in [5.74, 6) is 1.36. The maximum atomic E-state index is 13.2. The Balaban J connectivity index is 1.21. The zero-order chi connectivity index (χ0) is 23.3. The Bertz CT molecular complexity index is 1030. The largest absolute Gasteiger partial charge is 0.497 e. The molecule has 2 heterocycles. The van der Waals surface area contributed by atoms with Crippen LogP contribution in [-0.2, 0) is 12.7 Å². The molecular formula is C24H27F3N4O2. The molecule has 0 saturated carbocycles. The third-order valence-corrected chi connectivity index (χ3v) is 5.78. The highest BCUT2D eigenvalue weighted by Crippen LogP contribution is 2.36. The Labute approximate surface area is 190 Å². The van der Waals surface area contributed by atoms with E-state index in [1.807, 2.05) is 12.1 Å². The summed E-state index contributed by atoms with van der Waals surface area (Å²) in [6.07, 6.45) is -4.44. The molecule has 0 atom stereocenters. The molecule has 9 heteroatoms. The smallest absolute Gasteiger partial charge is 0.417 e. The topological polar surface area (TPSA) is 53.8 Å². The summed E-state index contributed by atoms with van der Waals surface area (Å²) >= 11 is 0. The maximum absolute atomic E-state index is 13.2. The van der Waals surface area contributed by atoms with Crippen molar-refractivity contribution < 1.29 is 22.4 Å². The van der Waals surface area contributed by atoms with Gasteiger partial charge in [0.1, 0.15) is 11.4 Å². The van der Waals surface area contributed by atoms with E-state index in [4.69, 9.17) is 9.26 Å². The third kappa shape index (κ3) is 5.85. The molecular weight excluding hydrogens is 433 g/mol. The van der Waals surface area contributed by atoms with E-state index in [-0.39, 0.29) is 11.3 Å². The van der Waals surface area contributed by atoms with Crippen molar-refractivity contribution in [3.63, 3.8) is 0 Å². The first-order chi connectivity index (χ1) is 15.9. The van der Waals surface area contributed by atoms with Crippen molar-refractivity contribution in [3.8, 4) is 17.0 Å². The minimum Gasteiger partial charge on any atom is -0.497 e. The molecule has 176 valence electrons. The van der Waals surface area contributed by atoms with Gasteiger partial charge in [0, 0.05) is 56.6 Å². The van der Waals surface area contributed by atoms with Crippen molar-refractivity contribution in [2.45, 2.75) is 12.7 Å². The number of anilines is 1. The first kappa shape index (κ1) is 23.1. The number of nitrogens with zero attached hydrogens (tertiary/aromatic N) is 3. The molecule has 1 fully saturated rings. The van der Waals surface area contributed by atoms with E-state index in [0.717, 1.165) is 51.1 Å². The molecule has 1 aromatic heterocycles. The van der Waals surface area contributed by atoms with E-state index >= 15 is 0 Å². The molecule has 6 nitrogen and oxygen atoms in total. The van der Waals surface area contributed by atoms with Crippen LogP contribution in [0.4, 0.5) is 18.9 Å². The molecule has 4 rings (SSSR count). The van der Waals surface area contributed by atoms with Crippen LogP contribution in [0.5, 0.6) is 5.75 Å². The van der Waals surface area contributed by atoms with Crippen molar-refractivity contribution in [2.24, 2.45) is 0 Å². The number of benzene rings is 2. The first-order valence-corrected chi connectivity index (χ1v) is 10.9. The number of hydrogen-bond donors (Lipinski definition) is 1. The highest BCUT2D eigenvalue weighted by Gasteiger charge is 2.34. The number of methoxy groups -OCH3 is 1. The molecule has 1 aliphatic rings. The molecule has 0 radical (unpaired) electrons. The lowest BCUT2D eigenvalue weighted by molar-refractivity contribution is -0.137. The molecule has 0 spiro atoms. The van der Waals surface area contributed by atoms with E-state index in [1.54, 1.807) is 19.2 Å². The average molecular weight is 461 g/mol. The number of piperazine rings is 1. The number of aromatic nitrogens is 1. The fourth-order valence-corrected chi connectivity index (χ4v) is 3.95. The number of alkyl halides is 3. The Morgan fingerprint density at radius 1 is 1.03 bits per heavy atom. The van der Waals surface area contributed by atoms with Gasteiger partial charge >= 0.3 is 6.18 Å². The zero-order valence-electron chi connectivity index (χ0n) is 18.4. The van der Waals surface area contributed by atoms with Crippen molar-refractivity contribution >= 4 is 5.69 Å². The van der Waals surface area contributed by atoms with Gasteiger partial charge < -0.3 is 19.5 Å². The van der Waals surface area contributed by atoms with Crippen LogP contribution in [0.25, 0.3) is 11.3 Å². The Hall–Kier alpha value is -3.04. The van der Waals surface area contributed by atoms with Crippen LogP contribution < -0.4 is 15.0 Å². The number of nitrogens with one attached hydrogen (secondary N) is 1. The summed E-state index contributed by atoms with van der Waals surface area (Å²) in [6.45, 7) is 5.88. The highest BCUT2D eigenvalue weighted by molar-refractivity contribution is 5.64. The number of ether oxygens (including phenoxy) is 1. The second-order valence-corrected chi connectivity index (χ2v) is 7.93. The molecule has 2 aromatic carbocycles. The van der Waals surface area contributed by atoms with Gasteiger partial charge in [0.05, 0.1) is 19.2 Å². The molecule has 0 bridgehead atoms. The van der Waals surface area contributed by atoms with Crippen LogP contribution in [0.2, 0.25) is 0 Å². The van der Waals surface area contributed by atoms with Crippen LogP contribution >= 0.6 is 0 Å². The summed E-state index contributed by atoms with van der Waals surface area (Å²) in [7, 11) is 1.66. The minimum absolute atomic E-state index is 0.0229. The summed E-state index contributed by atoms with van der Waals surface area (Å²) in [5.41, 5.74) is 0.692. The van der Waals surface area contributed by atoms with Gasteiger partial charge in [-0.1, -0.05) is 23.4 Å². The fraction of sp³-hybridized carbons (Fsp3) is 0.375. The van der Waals surface area contributed by atoms with Crippen molar-refractivity contribution in [2.75, 3.05) is 51.3 Å². The normalized spacial score (nSPS) is 15.1. The lowest BCUT2D eigenvalue weighted by atomic mass is 10.0. The molecule has 33 heavy (non-hydrogen) atoms. The van der Waals surface area contributed by atoms with E-state index in [2.05, 4.69) is 32.4 Å². The van der Waals surface area contributed by atoms with Gasteiger partial charge in [0.2, 0.25) is 0 Å². The standard InChI is InChI=1S/C24H27F3N4O2/c1-32-19-8-6-18(7-9-19)31-14-12-30(13-15-31)11-10-28-17-20-16-23(29-33-20)21-4-2-3-5-22(21)24(25,26)27/h2-9,16,28H,10-15,17H2,1H3. The van der Waals surface area contributed by atoms with Gasteiger partial charge in [-0.25, -0.2) is 0 Å². The Morgan fingerprint density at radius 2 is 1.76 bits per heavy atom. The quantitative estimate of drug-likeness (QED) is 0.507. The van der Waals surface area contributed by atoms with Gasteiger partial charge in [0.15, 0.2) is 5.76 Å². The van der Waals surface area contributed by atoms with E-state index in [0.29, 0.717) is 12.3 Å². The van der Waals surface area contributed by atoms with E-state index in [1.165, 1.54) is 17.8 Å². The predicted molar refractivity (Wildman–Crippen MR) is 120 cm³/mol. The van der Waals surface area contributed by atoms with Gasteiger partial charge in [0.25, 0.3) is 0 Å². The second-order valence-electron chi connectivity index (χ2n) is 7.93. The molecule has 1 N–H and O–H groups in total. The van der Waals surface area contributed by atoms with Crippen LogP contribution in [0.15, 0.2) is 59.1 Å².